The van der Waals surface area contributed by atoms with E-state index in [1.807, 2.05) is 13.8 Å². The Bertz CT molecular complexity index is 601. The van der Waals surface area contributed by atoms with Gasteiger partial charge in [0.2, 0.25) is 0 Å². The molecule has 1 saturated heterocycles. The van der Waals surface area contributed by atoms with Crippen LogP contribution < -0.4 is 0 Å². The number of ether oxygens (including phenoxy) is 1. The Hall–Kier alpha value is -1.23. The van der Waals surface area contributed by atoms with Gasteiger partial charge in [-0.1, -0.05) is 13.3 Å². The molecule has 5 heteroatoms. The molecule has 0 bridgehead atoms. The summed E-state index contributed by atoms with van der Waals surface area (Å²) in [6.07, 6.45) is 6.55. The van der Waals surface area contributed by atoms with Crippen LogP contribution in [0.25, 0.3) is 0 Å². The number of hydrogen-bond acceptors (Lipinski definition) is 4. The van der Waals surface area contributed by atoms with Crippen molar-refractivity contribution in [3.63, 3.8) is 0 Å². The topological polar surface area (TPSA) is 87.0 Å². The van der Waals surface area contributed by atoms with Crippen LogP contribution in [0.3, 0.4) is 0 Å². The van der Waals surface area contributed by atoms with Gasteiger partial charge in [0.25, 0.3) is 0 Å². The molecule has 3 rings (SSSR count). The summed E-state index contributed by atoms with van der Waals surface area (Å²) in [5.74, 6) is -0.385. The van der Waals surface area contributed by atoms with E-state index in [9.17, 15) is 20.1 Å². The van der Waals surface area contributed by atoms with Crippen molar-refractivity contribution in [3.05, 3.63) is 12.0 Å². The third-order valence-electron chi connectivity index (χ3n) is 7.96. The van der Waals surface area contributed by atoms with Gasteiger partial charge in [-0.25, -0.2) is 0 Å². The minimum Gasteiger partial charge on any atom is -0.512 e. The summed E-state index contributed by atoms with van der Waals surface area (Å²) < 4.78 is 6.44. The van der Waals surface area contributed by atoms with E-state index in [4.69, 9.17) is 4.74 Å². The van der Waals surface area contributed by atoms with Crippen LogP contribution in [0.2, 0.25) is 0 Å². The summed E-state index contributed by atoms with van der Waals surface area (Å²) in [7, 11) is 0. The van der Waals surface area contributed by atoms with Crippen molar-refractivity contribution in [1.29, 1.82) is 0 Å². The van der Waals surface area contributed by atoms with Crippen LogP contribution in [0.5, 0.6) is 0 Å². The molecule has 0 aromatic heterocycles. The zero-order valence-electron chi connectivity index (χ0n) is 15.8. The van der Waals surface area contributed by atoms with Gasteiger partial charge < -0.3 is 20.1 Å². The molecule has 0 aromatic carbocycles. The lowest BCUT2D eigenvalue weighted by molar-refractivity contribution is -0.263. The van der Waals surface area contributed by atoms with Crippen LogP contribution in [0.1, 0.15) is 72.6 Å². The van der Waals surface area contributed by atoms with Crippen LogP contribution in [0, 0.1) is 22.7 Å². The van der Waals surface area contributed by atoms with Crippen LogP contribution in [0.4, 0.5) is 0 Å². The fourth-order valence-electron chi connectivity index (χ4n) is 6.60. The summed E-state index contributed by atoms with van der Waals surface area (Å²) in [6.45, 7) is 8.11. The molecule has 0 unspecified atom stereocenters. The van der Waals surface area contributed by atoms with E-state index in [-0.39, 0.29) is 23.0 Å². The number of carboxylic acid groups (broad SMARTS) is 1. The van der Waals surface area contributed by atoms with Crippen molar-refractivity contribution in [1.82, 2.24) is 0 Å². The van der Waals surface area contributed by atoms with E-state index in [1.54, 1.807) is 0 Å². The number of carbonyl (C=O) groups is 1. The molecule has 1 heterocycles. The molecule has 142 valence electrons. The second-order valence-electron chi connectivity index (χ2n) is 9.42. The molecular weight excluding hydrogens is 320 g/mol. The lowest BCUT2D eigenvalue weighted by Gasteiger charge is -2.64. The average molecular weight is 352 g/mol. The molecule has 0 radical (unpaired) electrons. The third kappa shape index (κ3) is 2.49. The molecule has 3 N–H and O–H groups in total. The number of hydrogen-bond donors (Lipinski definition) is 3. The number of fused-ring (bicyclic) bond motifs is 3. The second kappa shape index (κ2) is 5.63. The Morgan fingerprint density at radius 2 is 1.64 bits per heavy atom. The first kappa shape index (κ1) is 18.6. The molecule has 2 saturated carbocycles. The Labute approximate surface area is 150 Å². The fraction of sp³-hybridized carbons (Fsp3) is 0.850. The molecule has 0 aromatic rings. The average Bonchev–Trinajstić information content (AvgIpc) is 2.52. The fourth-order valence-corrected chi connectivity index (χ4v) is 6.60. The van der Waals surface area contributed by atoms with E-state index in [1.165, 1.54) is 0 Å². The molecular formula is C20H32O5. The smallest absolute Gasteiger partial charge is 0.309 e. The molecule has 25 heavy (non-hydrogen) atoms. The van der Waals surface area contributed by atoms with Crippen molar-refractivity contribution >= 4 is 5.97 Å². The maximum Gasteiger partial charge on any atom is 0.309 e. The Morgan fingerprint density at radius 1 is 1.00 bits per heavy atom. The summed E-state index contributed by atoms with van der Waals surface area (Å²) in [5.41, 5.74) is -2.01. The number of rotatable bonds is 2. The van der Waals surface area contributed by atoms with Crippen molar-refractivity contribution in [3.8, 4) is 0 Å². The molecule has 5 nitrogen and oxygen atoms in total. The molecule has 0 spiro atoms. The number of aliphatic carboxylic acids is 1. The van der Waals surface area contributed by atoms with E-state index >= 15 is 0 Å². The standard InChI is InChI=1S/C20H32O5/c1-17-8-5-9-18(2,16(23)24)13(17)6-10-19(3)14(17)7-11-20(4,25-19)15(22)12-21/h12-14,21-22H,5-11H2,1-4H3,(H,23,24)/t13-,14-,17+,18-,19-,20+/m1/s1. The van der Waals surface area contributed by atoms with Crippen LogP contribution >= 0.6 is 0 Å². The first-order valence-corrected chi connectivity index (χ1v) is 9.49. The van der Waals surface area contributed by atoms with E-state index in [0.717, 1.165) is 44.8 Å². The largest absolute Gasteiger partial charge is 0.512 e. The van der Waals surface area contributed by atoms with Crippen LogP contribution in [-0.2, 0) is 9.53 Å². The van der Waals surface area contributed by atoms with E-state index in [2.05, 4.69) is 13.8 Å². The highest BCUT2D eigenvalue weighted by molar-refractivity contribution is 5.75. The number of carboxylic acids is 1. The predicted molar refractivity (Wildman–Crippen MR) is 94.4 cm³/mol. The SMILES string of the molecule is C[C@]12CCC[C@@](C)(C(=O)O)[C@@H]1CC[C@@]1(C)O[C@](C)(C(O)=CO)CC[C@H]21. The molecule has 2 aliphatic carbocycles. The molecule has 1 aliphatic heterocycles. The normalized spacial score (nSPS) is 50.6. The molecule has 0 amide bonds. The van der Waals surface area contributed by atoms with E-state index < -0.39 is 22.6 Å². The van der Waals surface area contributed by atoms with Crippen molar-refractivity contribution < 1.29 is 24.9 Å². The van der Waals surface area contributed by atoms with Crippen LogP contribution in [0.15, 0.2) is 12.0 Å². The summed E-state index contributed by atoms with van der Waals surface area (Å²) in [4.78, 5) is 12.0. The third-order valence-corrected chi connectivity index (χ3v) is 7.96. The second-order valence-corrected chi connectivity index (χ2v) is 9.42. The Morgan fingerprint density at radius 3 is 2.24 bits per heavy atom. The monoisotopic (exact) mass is 352 g/mol. The lowest BCUT2D eigenvalue weighted by atomic mass is 9.44. The van der Waals surface area contributed by atoms with Crippen LogP contribution in [-0.4, -0.2) is 32.5 Å². The summed E-state index contributed by atoms with van der Waals surface area (Å²) in [6, 6.07) is 0. The maximum atomic E-state index is 12.0. The minimum absolute atomic E-state index is 0.0712. The Kier molecular flexibility index (Phi) is 4.18. The zero-order valence-corrected chi connectivity index (χ0v) is 15.8. The van der Waals surface area contributed by atoms with Gasteiger partial charge in [-0.3, -0.25) is 4.79 Å². The van der Waals surface area contributed by atoms with Gasteiger partial charge >= 0.3 is 5.97 Å². The van der Waals surface area contributed by atoms with Gasteiger partial charge in [0.1, 0.15) is 11.9 Å². The lowest BCUT2D eigenvalue weighted by Crippen LogP contribution is -2.64. The van der Waals surface area contributed by atoms with Crippen molar-refractivity contribution in [2.24, 2.45) is 22.7 Å². The highest BCUT2D eigenvalue weighted by atomic mass is 16.5. The van der Waals surface area contributed by atoms with E-state index in [0.29, 0.717) is 6.42 Å². The zero-order chi connectivity index (χ0) is 18.7. The number of aliphatic hydroxyl groups is 2. The Balaban J connectivity index is 1.96. The molecule has 3 aliphatic rings. The predicted octanol–water partition coefficient (Wildman–Crippen LogP) is 4.58. The highest BCUT2D eigenvalue weighted by Crippen LogP contribution is 2.66. The van der Waals surface area contributed by atoms with Crippen molar-refractivity contribution in [2.45, 2.75) is 83.8 Å². The van der Waals surface area contributed by atoms with Gasteiger partial charge in [-0.05, 0) is 76.5 Å². The minimum atomic E-state index is -0.867. The number of aliphatic hydroxyl groups excluding tert-OH is 2. The molecule has 3 fully saturated rings. The van der Waals surface area contributed by atoms with Gasteiger partial charge in [-0.2, -0.15) is 0 Å². The van der Waals surface area contributed by atoms with Gasteiger partial charge in [0.15, 0.2) is 5.76 Å². The van der Waals surface area contributed by atoms with Gasteiger partial charge in [0, 0.05) is 0 Å². The molecule has 6 atom stereocenters. The first-order valence-electron chi connectivity index (χ1n) is 9.49. The quantitative estimate of drug-likeness (QED) is 0.633. The van der Waals surface area contributed by atoms with Crippen molar-refractivity contribution in [2.75, 3.05) is 0 Å². The van der Waals surface area contributed by atoms with Gasteiger partial charge in [0.05, 0.1) is 11.0 Å². The van der Waals surface area contributed by atoms with Gasteiger partial charge in [-0.15, -0.1) is 0 Å². The summed E-state index contributed by atoms with van der Waals surface area (Å²) >= 11 is 0. The summed E-state index contributed by atoms with van der Waals surface area (Å²) in [5, 5.41) is 29.2. The maximum absolute atomic E-state index is 12.0. The first-order chi connectivity index (χ1) is 11.5. The highest BCUT2D eigenvalue weighted by Gasteiger charge is 2.64.